The predicted molar refractivity (Wildman–Crippen MR) is 185 cm³/mol. The van der Waals surface area contributed by atoms with Crippen LogP contribution in [0.5, 0.6) is 0 Å². The number of pyridine rings is 1. The number of ether oxygens (including phenoxy) is 1. The van der Waals surface area contributed by atoms with Gasteiger partial charge in [0.15, 0.2) is 11.4 Å². The number of hydrogen-bond donors (Lipinski definition) is 2. The van der Waals surface area contributed by atoms with Crippen molar-refractivity contribution in [1.82, 2.24) is 30.0 Å². The molecule has 3 aromatic heterocycles. The normalized spacial score (nSPS) is 18.2. The summed E-state index contributed by atoms with van der Waals surface area (Å²) in [7, 11) is 3.18. The van der Waals surface area contributed by atoms with Crippen molar-refractivity contribution in [2.45, 2.75) is 18.9 Å². The summed E-state index contributed by atoms with van der Waals surface area (Å²) in [6, 6.07) is 19.6. The van der Waals surface area contributed by atoms with E-state index in [-0.39, 0.29) is 18.4 Å². The van der Waals surface area contributed by atoms with Gasteiger partial charge in [-0.2, -0.15) is 5.10 Å². The second kappa shape index (κ2) is 13.6. The van der Waals surface area contributed by atoms with Crippen LogP contribution in [0.2, 0.25) is 0 Å². The molecule has 2 fully saturated rings. The summed E-state index contributed by atoms with van der Waals surface area (Å²) < 4.78 is 7.54. The maximum absolute atomic E-state index is 13.7. The molecule has 2 aliphatic heterocycles. The van der Waals surface area contributed by atoms with Crippen LogP contribution in [0.3, 0.4) is 0 Å². The van der Waals surface area contributed by atoms with Crippen molar-refractivity contribution in [2.75, 3.05) is 70.2 Å². The average molecular weight is 663 g/mol. The van der Waals surface area contributed by atoms with Crippen molar-refractivity contribution >= 4 is 34.1 Å². The van der Waals surface area contributed by atoms with Crippen molar-refractivity contribution in [1.29, 1.82) is 0 Å². The molecule has 1 unspecified atom stereocenters. The minimum atomic E-state index is -1.06. The highest BCUT2D eigenvalue weighted by molar-refractivity contribution is 6.01. The van der Waals surface area contributed by atoms with E-state index in [1.807, 2.05) is 65.4 Å². The largest absolute Gasteiger partial charge is 0.368 e. The Morgan fingerprint density at radius 2 is 1.73 bits per heavy atom. The molecule has 49 heavy (non-hydrogen) atoms. The number of carbonyl (C=O) groups is 2. The van der Waals surface area contributed by atoms with Crippen molar-refractivity contribution in [2.24, 2.45) is 0 Å². The Morgan fingerprint density at radius 1 is 0.959 bits per heavy atom. The lowest BCUT2D eigenvalue weighted by Gasteiger charge is -2.37. The fraction of sp³-hybridized carbons (Fsp3) is 0.333. The van der Waals surface area contributed by atoms with Crippen LogP contribution >= 0.6 is 0 Å². The van der Waals surface area contributed by atoms with Gasteiger partial charge < -0.3 is 19.9 Å². The second-order valence-electron chi connectivity index (χ2n) is 12.5. The van der Waals surface area contributed by atoms with Crippen LogP contribution in [0, 0.1) is 6.92 Å². The van der Waals surface area contributed by atoms with E-state index in [1.54, 1.807) is 37.4 Å². The van der Waals surface area contributed by atoms with Crippen LogP contribution in [0.1, 0.15) is 12.1 Å². The van der Waals surface area contributed by atoms with Gasteiger partial charge in [0, 0.05) is 110 Å². The number of aryl methyl sites for hydroxylation is 1. The number of aromatic nitrogens is 5. The van der Waals surface area contributed by atoms with Crippen LogP contribution in [-0.2, 0) is 14.3 Å². The third kappa shape index (κ3) is 6.54. The summed E-state index contributed by atoms with van der Waals surface area (Å²) in [5.41, 5.74) is 5.16. The number of fused-ring (bicyclic) bond motifs is 1. The SMILES string of the molecule is CO[n+]1ccc(-c2n[nH]c3ccc(NC(=O)C4(OC)CCN(CC(=O)N5CCN(c6ccc(-c7ncccn7)cc6)CC5)C4)cc23)cc1C. The number of aromatic amines is 1. The van der Waals surface area contributed by atoms with Crippen LogP contribution in [0.25, 0.3) is 33.5 Å². The van der Waals surface area contributed by atoms with E-state index in [0.29, 0.717) is 44.1 Å². The molecule has 2 N–H and O–H groups in total. The monoisotopic (exact) mass is 662 g/mol. The molecular weight excluding hydrogens is 622 g/mol. The molecule has 5 aromatic rings. The zero-order valence-corrected chi connectivity index (χ0v) is 27.9. The average Bonchev–Trinajstić information content (AvgIpc) is 3.77. The molecule has 13 nitrogen and oxygen atoms in total. The number of piperazine rings is 1. The zero-order chi connectivity index (χ0) is 34.0. The molecule has 2 amide bonds. The fourth-order valence-electron chi connectivity index (χ4n) is 6.72. The number of H-pyrrole nitrogens is 1. The lowest BCUT2D eigenvalue weighted by molar-refractivity contribution is -0.889. The topological polar surface area (TPSA) is 133 Å². The Labute approximate surface area is 284 Å². The number of rotatable bonds is 9. The number of nitrogens with zero attached hydrogens (tertiary/aromatic N) is 7. The molecule has 2 aliphatic rings. The summed E-state index contributed by atoms with van der Waals surface area (Å²) in [5, 5.41) is 11.6. The van der Waals surface area contributed by atoms with E-state index in [2.05, 4.69) is 42.5 Å². The van der Waals surface area contributed by atoms with Gasteiger partial charge in [0.2, 0.25) is 17.8 Å². The molecule has 2 aromatic carbocycles. The highest BCUT2D eigenvalue weighted by Gasteiger charge is 2.45. The highest BCUT2D eigenvalue weighted by Crippen LogP contribution is 2.31. The third-order valence-corrected chi connectivity index (χ3v) is 9.56. The lowest BCUT2D eigenvalue weighted by atomic mass is 10.0. The van der Waals surface area contributed by atoms with E-state index in [0.717, 1.165) is 52.2 Å². The Balaban J connectivity index is 0.946. The summed E-state index contributed by atoms with van der Waals surface area (Å²) in [5.74, 6) is 0.532. The molecule has 0 aliphatic carbocycles. The number of likely N-dealkylation sites (tertiary alicyclic amines) is 1. The van der Waals surface area contributed by atoms with E-state index in [4.69, 9.17) is 9.57 Å². The smallest absolute Gasteiger partial charge is 0.258 e. The number of amides is 2. The van der Waals surface area contributed by atoms with Gasteiger partial charge in [-0.1, -0.05) is 0 Å². The van der Waals surface area contributed by atoms with Gasteiger partial charge in [0.1, 0.15) is 12.8 Å². The van der Waals surface area contributed by atoms with Gasteiger partial charge in [-0.15, -0.1) is 0 Å². The minimum Gasteiger partial charge on any atom is -0.368 e. The third-order valence-electron chi connectivity index (χ3n) is 9.56. The molecule has 1 atom stereocenters. The molecule has 252 valence electrons. The minimum absolute atomic E-state index is 0.0636. The maximum Gasteiger partial charge on any atom is 0.258 e. The van der Waals surface area contributed by atoms with E-state index in [1.165, 1.54) is 0 Å². The first-order valence-corrected chi connectivity index (χ1v) is 16.4. The lowest BCUT2D eigenvalue weighted by Crippen LogP contribution is -2.52. The van der Waals surface area contributed by atoms with Crippen LogP contribution in [-0.4, -0.2) is 107 Å². The summed E-state index contributed by atoms with van der Waals surface area (Å²) in [6.07, 6.45) is 5.81. The van der Waals surface area contributed by atoms with Crippen LogP contribution in [0.4, 0.5) is 11.4 Å². The molecule has 0 spiro atoms. The number of benzene rings is 2. The van der Waals surface area contributed by atoms with Crippen molar-refractivity contribution < 1.29 is 23.9 Å². The molecule has 5 heterocycles. The number of hydrogen-bond acceptors (Lipinski definition) is 9. The standard InChI is InChI=1S/C36H39N9O4/c1-25-21-27(11-15-45(25)49-3)33-30-22-28(7-10-31(30)40-41-33)39-35(47)36(48-2)12-16-42(24-36)23-32(46)44-19-17-43(18-20-44)29-8-5-26(6-9-29)34-37-13-4-14-38-34/h4-11,13-15,21-22H,12,16-20,23-24H2,1-3H3,(H,39,41,47)/p+1. The molecule has 2 saturated heterocycles. The summed E-state index contributed by atoms with van der Waals surface area (Å²) >= 11 is 0. The van der Waals surface area contributed by atoms with Gasteiger partial charge >= 0.3 is 0 Å². The first-order valence-electron chi connectivity index (χ1n) is 16.4. The maximum atomic E-state index is 13.7. The second-order valence-corrected chi connectivity index (χ2v) is 12.5. The fourth-order valence-corrected chi connectivity index (χ4v) is 6.72. The van der Waals surface area contributed by atoms with Gasteiger partial charge in [-0.25, -0.2) is 9.97 Å². The van der Waals surface area contributed by atoms with Gasteiger partial charge in [0.25, 0.3) is 5.91 Å². The van der Waals surface area contributed by atoms with Gasteiger partial charge in [-0.05, 0) is 55.0 Å². The number of methoxy groups -OCH3 is 1. The van der Waals surface area contributed by atoms with Crippen molar-refractivity contribution in [3.63, 3.8) is 0 Å². The molecule has 7 rings (SSSR count). The first-order chi connectivity index (χ1) is 23.9. The molecule has 0 bridgehead atoms. The zero-order valence-electron chi connectivity index (χ0n) is 27.9. The van der Waals surface area contributed by atoms with E-state index < -0.39 is 5.60 Å². The molecular formula is C36H40N9O4+. The summed E-state index contributed by atoms with van der Waals surface area (Å²) in [6.45, 7) is 5.89. The van der Waals surface area contributed by atoms with Crippen LogP contribution in [0.15, 0.2) is 79.3 Å². The highest BCUT2D eigenvalue weighted by atomic mass is 16.6. The Morgan fingerprint density at radius 3 is 2.45 bits per heavy atom. The van der Waals surface area contributed by atoms with Crippen LogP contribution < -0.4 is 19.8 Å². The number of nitrogens with one attached hydrogen (secondary N) is 2. The van der Waals surface area contributed by atoms with Gasteiger partial charge in [-0.3, -0.25) is 24.4 Å². The van der Waals surface area contributed by atoms with E-state index in [9.17, 15) is 9.59 Å². The number of carbonyl (C=O) groups excluding carboxylic acids is 2. The Kier molecular flexibility index (Phi) is 8.93. The molecule has 0 radical (unpaired) electrons. The van der Waals surface area contributed by atoms with Gasteiger partial charge in [0.05, 0.1) is 12.1 Å². The number of anilines is 2. The van der Waals surface area contributed by atoms with E-state index >= 15 is 0 Å². The quantitative estimate of drug-likeness (QED) is 0.229. The molecule has 0 saturated carbocycles. The van der Waals surface area contributed by atoms with Crippen molar-refractivity contribution in [3.8, 4) is 22.6 Å². The first kappa shape index (κ1) is 32.2. The predicted octanol–water partition coefficient (Wildman–Crippen LogP) is 2.72. The Hall–Kier alpha value is -5.40. The van der Waals surface area contributed by atoms with Crippen molar-refractivity contribution in [3.05, 3.63) is 84.9 Å². The molecule has 13 heteroatoms. The Bertz CT molecular complexity index is 1960. The summed E-state index contributed by atoms with van der Waals surface area (Å²) in [4.78, 5) is 47.3.